The Hall–Kier alpha value is -2.40. The third-order valence-electron chi connectivity index (χ3n) is 4.45. The maximum absolute atomic E-state index is 10.7. The fraction of sp³-hybridized carbons (Fsp3) is 0.333. The van der Waals surface area contributed by atoms with Crippen molar-refractivity contribution in [1.82, 2.24) is 4.57 Å². The first kappa shape index (κ1) is 33.6. The van der Waals surface area contributed by atoms with Crippen LogP contribution in [-0.2, 0) is 20.1 Å². The second-order valence-electron chi connectivity index (χ2n) is 8.33. The molecule has 17 heteroatoms. The van der Waals surface area contributed by atoms with E-state index >= 15 is 0 Å². The molecule has 0 unspecified atom stereocenters. The van der Waals surface area contributed by atoms with Crippen LogP contribution in [0.3, 0.4) is 0 Å². The molecule has 38 heavy (non-hydrogen) atoms. The van der Waals surface area contributed by atoms with Gasteiger partial charge in [-0.15, -0.1) is 0 Å². The zero-order valence-corrected chi connectivity index (χ0v) is 21.7. The first-order valence-corrected chi connectivity index (χ1v) is 15.0. The molecule has 0 radical (unpaired) electrons. The van der Waals surface area contributed by atoms with Crippen molar-refractivity contribution in [2.24, 2.45) is 7.05 Å². The summed E-state index contributed by atoms with van der Waals surface area (Å²) in [6, 6.07) is 12.9. The summed E-state index contributed by atoms with van der Waals surface area (Å²) in [4.78, 5) is 0. The van der Waals surface area contributed by atoms with Crippen molar-refractivity contribution in [3.63, 3.8) is 0 Å². The van der Waals surface area contributed by atoms with Crippen molar-refractivity contribution in [2.45, 2.75) is 38.8 Å². The molecule has 0 saturated carbocycles. The SMILES string of the molecule is C[n+]1ccc(-c2cc[n+](CCCCCCn3cccc3)cc2)cc1.F[P-](F)(F)(F)(F)F.F[P-](F)(F)(F)(F)F. The molecule has 0 aliphatic carbocycles. The summed E-state index contributed by atoms with van der Waals surface area (Å²) in [5.74, 6) is 0. The summed E-state index contributed by atoms with van der Waals surface area (Å²) in [7, 11) is -19.3. The maximum atomic E-state index is 9.87. The predicted molar refractivity (Wildman–Crippen MR) is 123 cm³/mol. The van der Waals surface area contributed by atoms with Crippen molar-refractivity contribution < 1.29 is 59.5 Å². The number of rotatable bonds is 8. The number of hydrogen-bond donors (Lipinski definition) is 0. The Labute approximate surface area is 210 Å². The quantitative estimate of drug-likeness (QED) is 0.104. The van der Waals surface area contributed by atoms with Gasteiger partial charge in [0.25, 0.3) is 0 Å². The van der Waals surface area contributed by atoms with Crippen LogP contribution in [0, 0.1) is 0 Å². The van der Waals surface area contributed by atoms with E-state index in [1.54, 1.807) is 0 Å². The fourth-order valence-electron chi connectivity index (χ4n) is 2.95. The average molecular weight is 611 g/mol. The number of nitrogens with zero attached hydrogens (tertiary/aromatic N) is 3. The van der Waals surface area contributed by atoms with Gasteiger partial charge < -0.3 is 4.57 Å². The molecule has 0 spiro atoms. The van der Waals surface area contributed by atoms with E-state index in [-0.39, 0.29) is 0 Å². The molecule has 220 valence electrons. The molecule has 3 rings (SSSR count). The summed E-state index contributed by atoms with van der Waals surface area (Å²) in [5, 5.41) is 0. The molecule has 3 aromatic rings. The van der Waals surface area contributed by atoms with E-state index in [1.165, 1.54) is 36.8 Å². The van der Waals surface area contributed by atoms with E-state index in [9.17, 15) is 50.4 Å². The molecular weight excluding hydrogens is 584 g/mol. The summed E-state index contributed by atoms with van der Waals surface area (Å²) in [6.07, 6.45) is 18.0. The number of aryl methyl sites for hydroxylation is 3. The molecule has 0 fully saturated rings. The van der Waals surface area contributed by atoms with Gasteiger partial charge >= 0.3 is 66.0 Å². The van der Waals surface area contributed by atoms with Crippen molar-refractivity contribution in [1.29, 1.82) is 0 Å². The second-order valence-corrected chi connectivity index (χ2v) is 12.2. The number of halogens is 12. The van der Waals surface area contributed by atoms with Crippen LogP contribution in [0.25, 0.3) is 11.1 Å². The summed E-state index contributed by atoms with van der Waals surface area (Å²) >= 11 is 0. The first-order valence-electron chi connectivity index (χ1n) is 10.9. The summed E-state index contributed by atoms with van der Waals surface area (Å²) in [5.41, 5.74) is 2.55. The molecule has 0 N–H and O–H groups in total. The van der Waals surface area contributed by atoms with E-state index in [0.29, 0.717) is 0 Å². The van der Waals surface area contributed by atoms with Crippen LogP contribution in [0.4, 0.5) is 50.4 Å². The molecule has 0 bridgehead atoms. The molecule has 0 aliphatic rings. The van der Waals surface area contributed by atoms with E-state index in [1.807, 2.05) is 7.05 Å². The minimum atomic E-state index is -10.7. The fourth-order valence-corrected chi connectivity index (χ4v) is 2.95. The van der Waals surface area contributed by atoms with E-state index in [0.717, 1.165) is 13.1 Å². The van der Waals surface area contributed by atoms with Crippen LogP contribution in [0.15, 0.2) is 73.6 Å². The van der Waals surface area contributed by atoms with E-state index in [2.05, 4.69) is 87.3 Å². The van der Waals surface area contributed by atoms with Gasteiger partial charge in [-0.3, -0.25) is 0 Å². The Morgan fingerprint density at radius 2 is 0.947 bits per heavy atom. The van der Waals surface area contributed by atoms with Crippen molar-refractivity contribution in [3.8, 4) is 11.1 Å². The Morgan fingerprint density at radius 3 is 1.37 bits per heavy atom. The molecule has 0 aromatic carbocycles. The summed E-state index contributed by atoms with van der Waals surface area (Å²) in [6.45, 7) is 2.25. The zero-order chi connectivity index (χ0) is 29.4. The van der Waals surface area contributed by atoms with E-state index in [4.69, 9.17) is 0 Å². The molecule has 3 nitrogen and oxygen atoms in total. The normalized spacial score (nSPS) is 15.4. The van der Waals surface area contributed by atoms with Crippen LogP contribution in [0.5, 0.6) is 0 Å². The van der Waals surface area contributed by atoms with Gasteiger partial charge in [0.05, 0.1) is 0 Å². The second kappa shape index (κ2) is 10.6. The topological polar surface area (TPSA) is 12.7 Å². The Morgan fingerprint density at radius 1 is 0.579 bits per heavy atom. The first-order chi connectivity index (χ1) is 16.7. The van der Waals surface area contributed by atoms with Gasteiger partial charge in [0.15, 0.2) is 24.8 Å². The number of pyridine rings is 2. The molecule has 3 heterocycles. The Balaban J connectivity index is 0.000000426. The average Bonchev–Trinajstić information content (AvgIpc) is 3.20. The third kappa shape index (κ3) is 25.3. The molecular formula is C21H27F12N3P2. The molecule has 0 atom stereocenters. The molecule has 3 aromatic heterocycles. The van der Waals surface area contributed by atoms with Crippen LogP contribution in [-0.4, -0.2) is 4.57 Å². The van der Waals surface area contributed by atoms with Gasteiger partial charge in [0.1, 0.15) is 13.6 Å². The van der Waals surface area contributed by atoms with Gasteiger partial charge in [-0.25, -0.2) is 9.13 Å². The minimum absolute atomic E-state index is 1.10. The van der Waals surface area contributed by atoms with Gasteiger partial charge in [-0.2, -0.15) is 0 Å². The van der Waals surface area contributed by atoms with Gasteiger partial charge in [0, 0.05) is 49.6 Å². The van der Waals surface area contributed by atoms with Gasteiger partial charge in [-0.1, -0.05) is 6.42 Å². The zero-order valence-electron chi connectivity index (χ0n) is 19.9. The molecule has 0 saturated heterocycles. The standard InChI is InChI=1S/C21H27N3.2F6P/c1-22-16-8-20(9-17-22)21-10-18-24(19-11-21)13-5-3-2-4-12-23-14-6-7-15-23;2*1-7(2,3,4,5)6/h6-11,14-19H,2-5,12-13H2,1H3;;/q+2;2*-1. The Bertz CT molecular complexity index is 1080. The van der Waals surface area contributed by atoms with Crippen molar-refractivity contribution in [2.75, 3.05) is 0 Å². The monoisotopic (exact) mass is 611 g/mol. The number of aromatic nitrogens is 3. The predicted octanol–water partition coefficient (Wildman–Crippen LogP) is 10.3. The van der Waals surface area contributed by atoms with Crippen LogP contribution in [0.1, 0.15) is 25.7 Å². The summed E-state index contributed by atoms with van der Waals surface area (Å²) < 4.78 is 125. The van der Waals surface area contributed by atoms with Crippen molar-refractivity contribution in [3.05, 3.63) is 73.6 Å². The van der Waals surface area contributed by atoms with Gasteiger partial charge in [-0.05, 0) is 36.1 Å². The van der Waals surface area contributed by atoms with E-state index < -0.39 is 15.6 Å². The van der Waals surface area contributed by atoms with Crippen LogP contribution < -0.4 is 9.13 Å². The number of hydrogen-bond acceptors (Lipinski definition) is 0. The third-order valence-corrected chi connectivity index (χ3v) is 4.45. The number of unbranched alkanes of at least 4 members (excludes halogenated alkanes) is 3. The van der Waals surface area contributed by atoms with Gasteiger partial charge in [0.2, 0.25) is 0 Å². The molecule has 0 amide bonds. The van der Waals surface area contributed by atoms with Crippen molar-refractivity contribution >= 4 is 15.6 Å². The van der Waals surface area contributed by atoms with Crippen LogP contribution in [0.2, 0.25) is 0 Å². The molecule has 0 aliphatic heterocycles. The Kier molecular flexibility index (Phi) is 9.41. The van der Waals surface area contributed by atoms with Crippen LogP contribution >= 0.6 is 15.6 Å².